The molecule has 0 fully saturated rings. The highest BCUT2D eigenvalue weighted by atomic mass is 35.5. The maximum Gasteiger partial charge on any atom is 0.255 e. The zero-order valence-electron chi connectivity index (χ0n) is 15.9. The van der Waals surface area contributed by atoms with Crippen molar-refractivity contribution in [2.45, 2.75) is 32.4 Å². The van der Waals surface area contributed by atoms with Crippen molar-refractivity contribution in [3.63, 3.8) is 0 Å². The van der Waals surface area contributed by atoms with Crippen LogP contribution in [-0.2, 0) is 13.0 Å². The van der Waals surface area contributed by atoms with E-state index < -0.39 is 0 Å². The molecule has 3 aromatic carbocycles. The van der Waals surface area contributed by atoms with Gasteiger partial charge in [-0.25, -0.2) is 0 Å². The molecule has 0 aromatic heterocycles. The second-order valence-corrected chi connectivity index (χ2v) is 7.25. The second kappa shape index (κ2) is 9.95. The fraction of sp³-hybridized carbons (Fsp3) is 0.208. The molecule has 0 saturated heterocycles. The molecule has 144 valence electrons. The van der Waals surface area contributed by atoms with E-state index in [2.05, 4.69) is 17.4 Å². The summed E-state index contributed by atoms with van der Waals surface area (Å²) in [5.41, 5.74) is 2.76. The highest BCUT2D eigenvalue weighted by Gasteiger charge is 2.16. The number of ether oxygens (including phenoxy) is 1. The Bertz CT molecular complexity index is 897. The Morgan fingerprint density at radius 2 is 1.61 bits per heavy atom. The highest BCUT2D eigenvalue weighted by Crippen LogP contribution is 2.24. The summed E-state index contributed by atoms with van der Waals surface area (Å²) in [6.45, 7) is 2.40. The smallest absolute Gasteiger partial charge is 0.255 e. The van der Waals surface area contributed by atoms with Gasteiger partial charge in [-0.2, -0.15) is 0 Å². The van der Waals surface area contributed by atoms with Crippen LogP contribution < -0.4 is 10.1 Å². The standard InChI is InChI=1S/C24H24ClNO2/c1-18(12-13-19-8-4-2-5-9-19)26-24(27)22-16-21(25)14-15-23(22)28-17-20-10-6-3-7-11-20/h2-11,14-16,18H,12-13,17H2,1H3,(H,26,27)/t18-/m1/s1. The van der Waals surface area contributed by atoms with Gasteiger partial charge in [0.2, 0.25) is 0 Å². The number of halogens is 1. The summed E-state index contributed by atoms with van der Waals surface area (Å²) in [6, 6.07) is 25.3. The summed E-state index contributed by atoms with van der Waals surface area (Å²) in [5, 5.41) is 3.56. The van der Waals surface area contributed by atoms with Crippen LogP contribution in [0.2, 0.25) is 5.02 Å². The van der Waals surface area contributed by atoms with E-state index in [-0.39, 0.29) is 11.9 Å². The Labute approximate surface area is 171 Å². The molecular formula is C24H24ClNO2. The van der Waals surface area contributed by atoms with Gasteiger partial charge in [0.1, 0.15) is 12.4 Å². The molecule has 3 aromatic rings. The average molecular weight is 394 g/mol. The molecule has 3 nitrogen and oxygen atoms in total. The monoisotopic (exact) mass is 393 g/mol. The summed E-state index contributed by atoms with van der Waals surface area (Å²) < 4.78 is 5.89. The normalized spacial score (nSPS) is 11.6. The van der Waals surface area contributed by atoms with Crippen molar-refractivity contribution in [3.8, 4) is 5.75 Å². The zero-order valence-corrected chi connectivity index (χ0v) is 16.7. The Morgan fingerprint density at radius 3 is 2.29 bits per heavy atom. The minimum Gasteiger partial charge on any atom is -0.488 e. The quantitative estimate of drug-likeness (QED) is 0.535. The zero-order chi connectivity index (χ0) is 19.8. The molecule has 28 heavy (non-hydrogen) atoms. The lowest BCUT2D eigenvalue weighted by Gasteiger charge is -2.16. The number of amides is 1. The lowest BCUT2D eigenvalue weighted by atomic mass is 10.1. The molecular weight excluding hydrogens is 370 g/mol. The largest absolute Gasteiger partial charge is 0.488 e. The number of carbonyl (C=O) groups is 1. The first-order chi connectivity index (χ1) is 13.6. The number of aryl methyl sites for hydroxylation is 1. The van der Waals surface area contributed by atoms with Crippen molar-refractivity contribution in [1.82, 2.24) is 5.32 Å². The lowest BCUT2D eigenvalue weighted by molar-refractivity contribution is 0.0934. The third-order valence-corrected chi connectivity index (χ3v) is 4.74. The molecule has 0 aliphatic heterocycles. The maximum absolute atomic E-state index is 12.8. The summed E-state index contributed by atoms with van der Waals surface area (Å²) >= 11 is 6.12. The fourth-order valence-corrected chi connectivity index (χ4v) is 3.11. The van der Waals surface area contributed by atoms with Gasteiger partial charge in [-0.15, -0.1) is 0 Å². The van der Waals surface area contributed by atoms with E-state index in [1.54, 1.807) is 18.2 Å². The average Bonchev–Trinajstić information content (AvgIpc) is 2.73. The molecule has 0 unspecified atom stereocenters. The van der Waals surface area contributed by atoms with E-state index in [0.29, 0.717) is 22.9 Å². The number of rotatable bonds is 8. The number of carbonyl (C=O) groups excluding carboxylic acids is 1. The van der Waals surface area contributed by atoms with Crippen LogP contribution in [0, 0.1) is 0 Å². The second-order valence-electron chi connectivity index (χ2n) is 6.81. The van der Waals surface area contributed by atoms with E-state index in [1.807, 2.05) is 55.5 Å². The molecule has 0 aliphatic rings. The number of benzene rings is 3. The SMILES string of the molecule is C[C@H](CCc1ccccc1)NC(=O)c1cc(Cl)ccc1OCc1ccccc1. The maximum atomic E-state index is 12.8. The van der Waals surface area contributed by atoms with Crippen LogP contribution >= 0.6 is 11.6 Å². The van der Waals surface area contributed by atoms with E-state index >= 15 is 0 Å². The van der Waals surface area contributed by atoms with Crippen LogP contribution in [0.25, 0.3) is 0 Å². The summed E-state index contributed by atoms with van der Waals surface area (Å²) in [6.07, 6.45) is 1.77. The van der Waals surface area contributed by atoms with Gasteiger partial charge < -0.3 is 10.1 Å². The minimum atomic E-state index is -0.175. The van der Waals surface area contributed by atoms with Gasteiger partial charge in [-0.05, 0) is 49.1 Å². The van der Waals surface area contributed by atoms with Crippen molar-refractivity contribution in [1.29, 1.82) is 0 Å². The molecule has 0 radical (unpaired) electrons. The minimum absolute atomic E-state index is 0.0358. The lowest BCUT2D eigenvalue weighted by Crippen LogP contribution is -2.33. The summed E-state index contributed by atoms with van der Waals surface area (Å²) in [4.78, 5) is 12.8. The Kier molecular flexibility index (Phi) is 7.10. The highest BCUT2D eigenvalue weighted by molar-refractivity contribution is 6.31. The van der Waals surface area contributed by atoms with Gasteiger partial charge in [-0.1, -0.05) is 72.3 Å². The van der Waals surface area contributed by atoms with E-state index in [0.717, 1.165) is 18.4 Å². The summed E-state index contributed by atoms with van der Waals surface area (Å²) in [5.74, 6) is 0.354. The van der Waals surface area contributed by atoms with Crippen LogP contribution in [0.1, 0.15) is 34.8 Å². The number of hydrogen-bond donors (Lipinski definition) is 1. The van der Waals surface area contributed by atoms with Crippen LogP contribution in [0.3, 0.4) is 0 Å². The third-order valence-electron chi connectivity index (χ3n) is 4.51. The van der Waals surface area contributed by atoms with Crippen molar-refractivity contribution < 1.29 is 9.53 Å². The van der Waals surface area contributed by atoms with E-state index in [4.69, 9.17) is 16.3 Å². The third kappa shape index (κ3) is 5.86. The Balaban J connectivity index is 1.62. The Hall–Kier alpha value is -2.78. The molecule has 0 heterocycles. The van der Waals surface area contributed by atoms with Crippen LogP contribution in [-0.4, -0.2) is 11.9 Å². The first-order valence-corrected chi connectivity index (χ1v) is 9.80. The van der Waals surface area contributed by atoms with Gasteiger partial charge in [0.05, 0.1) is 5.56 Å². The van der Waals surface area contributed by atoms with Gasteiger partial charge in [0, 0.05) is 11.1 Å². The van der Waals surface area contributed by atoms with Crippen LogP contribution in [0.4, 0.5) is 0 Å². The van der Waals surface area contributed by atoms with Gasteiger partial charge in [0.15, 0.2) is 0 Å². The molecule has 0 saturated carbocycles. The van der Waals surface area contributed by atoms with Crippen LogP contribution in [0.5, 0.6) is 5.75 Å². The molecule has 0 bridgehead atoms. The topological polar surface area (TPSA) is 38.3 Å². The van der Waals surface area contributed by atoms with E-state index in [1.165, 1.54) is 5.56 Å². The molecule has 1 amide bonds. The summed E-state index contributed by atoms with van der Waals surface area (Å²) in [7, 11) is 0. The van der Waals surface area contributed by atoms with Crippen molar-refractivity contribution in [3.05, 3.63) is 101 Å². The van der Waals surface area contributed by atoms with Gasteiger partial charge >= 0.3 is 0 Å². The molecule has 3 rings (SSSR count). The van der Waals surface area contributed by atoms with Crippen LogP contribution in [0.15, 0.2) is 78.9 Å². The Morgan fingerprint density at radius 1 is 0.964 bits per heavy atom. The van der Waals surface area contributed by atoms with Gasteiger partial charge in [0.25, 0.3) is 5.91 Å². The number of hydrogen-bond acceptors (Lipinski definition) is 2. The first kappa shape index (κ1) is 20.0. The predicted octanol–water partition coefficient (Wildman–Crippen LogP) is 5.67. The first-order valence-electron chi connectivity index (χ1n) is 9.43. The van der Waals surface area contributed by atoms with E-state index in [9.17, 15) is 4.79 Å². The van der Waals surface area contributed by atoms with Crippen molar-refractivity contribution >= 4 is 17.5 Å². The predicted molar refractivity (Wildman–Crippen MR) is 114 cm³/mol. The molecule has 4 heteroatoms. The molecule has 0 spiro atoms. The molecule has 1 atom stereocenters. The molecule has 0 aliphatic carbocycles. The number of nitrogens with one attached hydrogen (secondary N) is 1. The van der Waals surface area contributed by atoms with Crippen molar-refractivity contribution in [2.24, 2.45) is 0 Å². The molecule has 1 N–H and O–H groups in total. The van der Waals surface area contributed by atoms with Crippen molar-refractivity contribution in [2.75, 3.05) is 0 Å². The van der Waals surface area contributed by atoms with Gasteiger partial charge in [-0.3, -0.25) is 4.79 Å². The fourth-order valence-electron chi connectivity index (χ4n) is 2.94.